The SMILES string of the molecule is COc1ccc(CN2C(=O)COc3c(C)cccc3C2C(=O)Nc2ccc(N)cc2)c(OC)c1. The molecule has 1 heterocycles. The summed E-state index contributed by atoms with van der Waals surface area (Å²) in [4.78, 5) is 28.4. The Balaban J connectivity index is 1.76. The van der Waals surface area contributed by atoms with E-state index in [9.17, 15) is 9.59 Å². The van der Waals surface area contributed by atoms with Crippen molar-refractivity contribution in [2.24, 2.45) is 0 Å². The lowest BCUT2D eigenvalue weighted by atomic mass is 9.99. The van der Waals surface area contributed by atoms with E-state index in [0.717, 1.165) is 11.1 Å². The van der Waals surface area contributed by atoms with Gasteiger partial charge in [-0.3, -0.25) is 9.59 Å². The summed E-state index contributed by atoms with van der Waals surface area (Å²) >= 11 is 0. The Hall–Kier alpha value is -4.20. The normalized spacial score (nSPS) is 15.1. The zero-order chi connectivity index (χ0) is 24.2. The second-order valence-corrected chi connectivity index (χ2v) is 8.00. The molecule has 2 amide bonds. The number of nitrogen functional groups attached to an aromatic ring is 1. The smallest absolute Gasteiger partial charge is 0.261 e. The largest absolute Gasteiger partial charge is 0.497 e. The minimum Gasteiger partial charge on any atom is -0.497 e. The highest BCUT2D eigenvalue weighted by molar-refractivity contribution is 5.99. The number of nitrogens with one attached hydrogen (secondary N) is 1. The van der Waals surface area contributed by atoms with E-state index in [1.54, 1.807) is 50.6 Å². The minimum absolute atomic E-state index is 0.141. The molecule has 1 atom stereocenters. The molecule has 3 aromatic rings. The highest BCUT2D eigenvalue weighted by Gasteiger charge is 2.37. The van der Waals surface area contributed by atoms with E-state index < -0.39 is 6.04 Å². The molecular weight excluding hydrogens is 434 g/mol. The molecule has 0 bridgehead atoms. The summed E-state index contributed by atoms with van der Waals surface area (Å²) in [5.41, 5.74) is 9.14. The second kappa shape index (κ2) is 9.74. The molecule has 0 spiro atoms. The number of hydrogen-bond donors (Lipinski definition) is 2. The predicted octanol–water partition coefficient (Wildman–Crippen LogP) is 3.70. The minimum atomic E-state index is -0.922. The molecule has 0 fully saturated rings. The van der Waals surface area contributed by atoms with Gasteiger partial charge in [0.15, 0.2) is 6.61 Å². The molecular formula is C26H27N3O5. The van der Waals surface area contributed by atoms with Crippen molar-refractivity contribution in [3.05, 3.63) is 77.4 Å². The van der Waals surface area contributed by atoms with Crippen molar-refractivity contribution in [2.75, 3.05) is 31.9 Å². The van der Waals surface area contributed by atoms with Crippen LogP contribution in [0, 0.1) is 6.92 Å². The zero-order valence-corrected chi connectivity index (χ0v) is 19.3. The van der Waals surface area contributed by atoms with Gasteiger partial charge in [0.1, 0.15) is 23.3 Å². The number of hydrogen-bond acceptors (Lipinski definition) is 6. The Bertz CT molecular complexity index is 1210. The van der Waals surface area contributed by atoms with Crippen molar-refractivity contribution in [1.29, 1.82) is 0 Å². The number of carbonyl (C=O) groups is 2. The number of amides is 2. The van der Waals surface area contributed by atoms with Crippen molar-refractivity contribution < 1.29 is 23.8 Å². The summed E-state index contributed by atoms with van der Waals surface area (Å²) < 4.78 is 16.7. The highest BCUT2D eigenvalue weighted by Crippen LogP contribution is 2.37. The lowest BCUT2D eigenvalue weighted by Crippen LogP contribution is -2.41. The number of aryl methyl sites for hydroxylation is 1. The Kier molecular flexibility index (Phi) is 6.58. The van der Waals surface area contributed by atoms with Crippen LogP contribution in [0.25, 0.3) is 0 Å². The van der Waals surface area contributed by atoms with Gasteiger partial charge in [0.25, 0.3) is 11.8 Å². The maximum Gasteiger partial charge on any atom is 0.261 e. The molecule has 8 nitrogen and oxygen atoms in total. The van der Waals surface area contributed by atoms with Crippen LogP contribution in [-0.2, 0) is 16.1 Å². The van der Waals surface area contributed by atoms with Gasteiger partial charge >= 0.3 is 0 Å². The van der Waals surface area contributed by atoms with Gasteiger partial charge in [0.05, 0.1) is 20.8 Å². The van der Waals surface area contributed by atoms with Crippen LogP contribution in [0.2, 0.25) is 0 Å². The van der Waals surface area contributed by atoms with E-state index in [-0.39, 0.29) is 25.0 Å². The molecule has 0 aliphatic carbocycles. The Labute approximate surface area is 198 Å². The topological polar surface area (TPSA) is 103 Å². The third-order valence-electron chi connectivity index (χ3n) is 5.77. The van der Waals surface area contributed by atoms with E-state index in [4.69, 9.17) is 19.9 Å². The quantitative estimate of drug-likeness (QED) is 0.543. The fourth-order valence-electron chi connectivity index (χ4n) is 4.02. The van der Waals surface area contributed by atoms with Crippen LogP contribution in [0.1, 0.15) is 22.7 Å². The Morgan fingerprint density at radius 2 is 1.88 bits per heavy atom. The van der Waals surface area contributed by atoms with Crippen LogP contribution in [0.15, 0.2) is 60.7 Å². The van der Waals surface area contributed by atoms with Crippen LogP contribution < -0.4 is 25.3 Å². The predicted molar refractivity (Wildman–Crippen MR) is 129 cm³/mol. The van der Waals surface area contributed by atoms with Crippen LogP contribution >= 0.6 is 0 Å². The van der Waals surface area contributed by atoms with Gasteiger partial charge in [-0.25, -0.2) is 0 Å². The van der Waals surface area contributed by atoms with Crippen molar-refractivity contribution in [2.45, 2.75) is 19.5 Å². The maximum atomic E-state index is 13.6. The Morgan fingerprint density at radius 3 is 2.59 bits per heavy atom. The number of fused-ring (bicyclic) bond motifs is 1. The fourth-order valence-corrected chi connectivity index (χ4v) is 4.02. The number of methoxy groups -OCH3 is 2. The van der Waals surface area contributed by atoms with Gasteiger partial charge < -0.3 is 30.2 Å². The summed E-state index contributed by atoms with van der Waals surface area (Å²) in [6.07, 6.45) is 0. The molecule has 4 rings (SSSR count). The number of para-hydroxylation sites is 1. The molecule has 0 saturated carbocycles. The van der Waals surface area contributed by atoms with Gasteiger partial charge in [-0.05, 0) is 48.9 Å². The van der Waals surface area contributed by atoms with Crippen molar-refractivity contribution in [1.82, 2.24) is 4.90 Å². The van der Waals surface area contributed by atoms with Gasteiger partial charge in [-0.2, -0.15) is 0 Å². The summed E-state index contributed by atoms with van der Waals surface area (Å²) in [5, 5.41) is 2.91. The molecule has 0 saturated heterocycles. The van der Waals surface area contributed by atoms with Crippen molar-refractivity contribution >= 4 is 23.2 Å². The number of anilines is 2. The molecule has 1 aliphatic heterocycles. The Morgan fingerprint density at radius 1 is 1.12 bits per heavy atom. The zero-order valence-electron chi connectivity index (χ0n) is 19.3. The summed E-state index contributed by atoms with van der Waals surface area (Å²) in [6.45, 7) is 1.85. The molecule has 176 valence electrons. The molecule has 0 aromatic heterocycles. The van der Waals surface area contributed by atoms with Crippen molar-refractivity contribution in [3.8, 4) is 17.2 Å². The third-order valence-corrected chi connectivity index (χ3v) is 5.77. The number of ether oxygens (including phenoxy) is 3. The van der Waals surface area contributed by atoms with E-state index in [2.05, 4.69) is 5.32 Å². The monoisotopic (exact) mass is 461 g/mol. The lowest BCUT2D eigenvalue weighted by Gasteiger charge is -2.30. The first kappa shape index (κ1) is 23.0. The number of nitrogens with two attached hydrogens (primary N) is 1. The molecule has 8 heteroatoms. The highest BCUT2D eigenvalue weighted by atomic mass is 16.5. The van der Waals surface area contributed by atoms with Gasteiger partial charge in [0, 0.05) is 28.6 Å². The molecule has 0 radical (unpaired) electrons. The van der Waals surface area contributed by atoms with E-state index in [1.165, 1.54) is 4.90 Å². The maximum absolute atomic E-state index is 13.6. The first-order valence-electron chi connectivity index (χ1n) is 10.8. The lowest BCUT2D eigenvalue weighted by molar-refractivity contribution is -0.140. The first-order chi connectivity index (χ1) is 16.4. The van der Waals surface area contributed by atoms with Crippen LogP contribution in [0.3, 0.4) is 0 Å². The van der Waals surface area contributed by atoms with E-state index in [0.29, 0.717) is 34.2 Å². The first-order valence-corrected chi connectivity index (χ1v) is 10.8. The van der Waals surface area contributed by atoms with E-state index >= 15 is 0 Å². The summed E-state index contributed by atoms with van der Waals surface area (Å²) in [6, 6.07) is 16.8. The molecule has 3 N–H and O–H groups in total. The average molecular weight is 462 g/mol. The number of rotatable bonds is 6. The molecule has 3 aromatic carbocycles. The third kappa shape index (κ3) is 4.61. The summed E-state index contributed by atoms with van der Waals surface area (Å²) in [7, 11) is 3.12. The number of benzene rings is 3. The molecule has 34 heavy (non-hydrogen) atoms. The van der Waals surface area contributed by atoms with Gasteiger partial charge in [-0.15, -0.1) is 0 Å². The molecule has 1 unspecified atom stereocenters. The second-order valence-electron chi connectivity index (χ2n) is 8.00. The van der Waals surface area contributed by atoms with Crippen molar-refractivity contribution in [3.63, 3.8) is 0 Å². The fraction of sp³-hybridized carbons (Fsp3) is 0.231. The van der Waals surface area contributed by atoms with Crippen LogP contribution in [-0.4, -0.2) is 37.5 Å². The summed E-state index contributed by atoms with van der Waals surface area (Å²) in [5.74, 6) is 1.05. The number of carbonyl (C=O) groups excluding carboxylic acids is 2. The molecule has 1 aliphatic rings. The number of nitrogens with zero attached hydrogens (tertiary/aromatic N) is 1. The van der Waals surface area contributed by atoms with Crippen LogP contribution in [0.4, 0.5) is 11.4 Å². The van der Waals surface area contributed by atoms with Gasteiger partial charge in [-0.1, -0.05) is 18.2 Å². The van der Waals surface area contributed by atoms with E-state index in [1.807, 2.05) is 31.2 Å². The average Bonchev–Trinajstić information content (AvgIpc) is 2.98. The van der Waals surface area contributed by atoms with Crippen LogP contribution in [0.5, 0.6) is 17.2 Å². The standard InChI is InChI=1S/C26H27N3O5/c1-16-5-4-6-21-24(26(31)28-19-10-8-18(27)9-11-19)29(23(30)15-34-25(16)21)14-17-7-12-20(32-2)13-22(17)33-3/h4-13,24H,14-15,27H2,1-3H3,(H,28,31). The van der Waals surface area contributed by atoms with Gasteiger partial charge in [0.2, 0.25) is 0 Å².